The van der Waals surface area contributed by atoms with E-state index in [2.05, 4.69) is 5.32 Å². The highest BCUT2D eigenvalue weighted by molar-refractivity contribution is 7.89. The van der Waals surface area contributed by atoms with Gasteiger partial charge >= 0.3 is 0 Å². The van der Waals surface area contributed by atoms with Crippen LogP contribution in [0.4, 0.5) is 5.69 Å². The van der Waals surface area contributed by atoms with E-state index in [9.17, 15) is 18.0 Å². The Hall–Kier alpha value is -2.71. The number of rotatable bonds is 5. The number of likely N-dealkylation sites (tertiary alicyclic amines) is 1. The van der Waals surface area contributed by atoms with E-state index in [0.717, 1.165) is 9.99 Å². The number of nitrogens with one attached hydrogen (secondary N) is 1. The number of carbonyl (C=O) groups excluding carboxylic acids is 2. The molecule has 0 spiro atoms. The van der Waals surface area contributed by atoms with Gasteiger partial charge in [-0.15, -0.1) is 0 Å². The van der Waals surface area contributed by atoms with Crippen LogP contribution in [0.2, 0.25) is 0 Å². The first-order valence-corrected chi connectivity index (χ1v) is 10.9. The quantitative estimate of drug-likeness (QED) is 0.813. The maximum atomic E-state index is 12.8. The van der Waals surface area contributed by atoms with Gasteiger partial charge < -0.3 is 10.2 Å². The van der Waals surface area contributed by atoms with Crippen LogP contribution in [-0.2, 0) is 14.8 Å². The Labute approximate surface area is 171 Å². The fourth-order valence-electron chi connectivity index (χ4n) is 3.29. The van der Waals surface area contributed by atoms with Gasteiger partial charge in [-0.3, -0.25) is 9.59 Å². The van der Waals surface area contributed by atoms with Crippen molar-refractivity contribution in [3.63, 3.8) is 0 Å². The van der Waals surface area contributed by atoms with Crippen molar-refractivity contribution in [3.05, 3.63) is 60.2 Å². The Kier molecular flexibility index (Phi) is 6.34. The molecule has 0 atom stereocenters. The van der Waals surface area contributed by atoms with Crippen LogP contribution in [0, 0.1) is 5.92 Å². The van der Waals surface area contributed by atoms with Gasteiger partial charge in [0.05, 0.1) is 4.90 Å². The van der Waals surface area contributed by atoms with E-state index in [0.29, 0.717) is 31.5 Å². The first kappa shape index (κ1) is 21.0. The zero-order valence-corrected chi connectivity index (χ0v) is 17.4. The van der Waals surface area contributed by atoms with Gasteiger partial charge in [0.2, 0.25) is 15.9 Å². The molecular weight excluding hydrogens is 390 g/mol. The molecule has 8 heteroatoms. The number of nitrogens with zero attached hydrogens (tertiary/aromatic N) is 2. The van der Waals surface area contributed by atoms with E-state index >= 15 is 0 Å². The maximum absolute atomic E-state index is 12.8. The van der Waals surface area contributed by atoms with Crippen LogP contribution in [0.1, 0.15) is 23.2 Å². The van der Waals surface area contributed by atoms with Crippen molar-refractivity contribution in [2.75, 3.05) is 32.5 Å². The molecule has 1 heterocycles. The molecule has 29 heavy (non-hydrogen) atoms. The smallest absolute Gasteiger partial charge is 0.253 e. The second kappa shape index (κ2) is 8.75. The van der Waals surface area contributed by atoms with Gasteiger partial charge in [-0.2, -0.15) is 0 Å². The fraction of sp³-hybridized carbons (Fsp3) is 0.333. The van der Waals surface area contributed by atoms with Crippen LogP contribution < -0.4 is 5.32 Å². The second-order valence-electron chi connectivity index (χ2n) is 7.24. The van der Waals surface area contributed by atoms with Crippen molar-refractivity contribution in [1.29, 1.82) is 0 Å². The van der Waals surface area contributed by atoms with Crippen LogP contribution in [0.15, 0.2) is 59.5 Å². The predicted octanol–water partition coefficient (Wildman–Crippen LogP) is 2.43. The number of hydrogen-bond acceptors (Lipinski definition) is 4. The molecule has 0 saturated carbocycles. The Morgan fingerprint density at radius 3 is 2.28 bits per heavy atom. The summed E-state index contributed by atoms with van der Waals surface area (Å²) in [6.45, 7) is 0.909. The van der Waals surface area contributed by atoms with Crippen molar-refractivity contribution < 1.29 is 18.0 Å². The Bertz CT molecular complexity index is 982. The van der Waals surface area contributed by atoms with E-state index in [-0.39, 0.29) is 22.6 Å². The fourth-order valence-corrected chi connectivity index (χ4v) is 4.24. The van der Waals surface area contributed by atoms with E-state index in [1.807, 2.05) is 30.3 Å². The van der Waals surface area contributed by atoms with Gasteiger partial charge in [0.1, 0.15) is 0 Å². The first-order valence-electron chi connectivity index (χ1n) is 9.47. The largest absolute Gasteiger partial charge is 0.339 e. The molecule has 0 bridgehead atoms. The lowest BCUT2D eigenvalue weighted by molar-refractivity contribution is -0.121. The lowest BCUT2D eigenvalue weighted by Crippen LogP contribution is -2.41. The predicted molar refractivity (Wildman–Crippen MR) is 111 cm³/mol. The molecule has 1 fully saturated rings. The van der Waals surface area contributed by atoms with Gasteiger partial charge in [0.15, 0.2) is 0 Å². The molecule has 2 aromatic rings. The average Bonchev–Trinajstić information content (AvgIpc) is 2.74. The highest BCUT2D eigenvalue weighted by Crippen LogP contribution is 2.22. The summed E-state index contributed by atoms with van der Waals surface area (Å²) in [5.74, 6) is -0.412. The normalized spacial score (nSPS) is 15.3. The molecule has 1 saturated heterocycles. The summed E-state index contributed by atoms with van der Waals surface area (Å²) in [5, 5.41) is 2.91. The Morgan fingerprint density at radius 1 is 1.00 bits per heavy atom. The SMILES string of the molecule is CN(C)S(=O)(=O)c1cccc(C(=O)N2CCC(C(=O)Nc3ccccc3)CC2)c1. The molecule has 0 aromatic heterocycles. The van der Waals surface area contributed by atoms with E-state index in [1.165, 1.54) is 26.2 Å². The number of amides is 2. The lowest BCUT2D eigenvalue weighted by Gasteiger charge is -2.31. The molecule has 0 radical (unpaired) electrons. The summed E-state index contributed by atoms with van der Waals surface area (Å²) in [4.78, 5) is 27.0. The monoisotopic (exact) mass is 415 g/mol. The van der Waals surface area contributed by atoms with Gasteiger partial charge in [-0.25, -0.2) is 12.7 Å². The molecule has 0 unspecified atom stereocenters. The van der Waals surface area contributed by atoms with Gasteiger partial charge in [-0.1, -0.05) is 24.3 Å². The van der Waals surface area contributed by atoms with Crippen LogP contribution in [0.5, 0.6) is 0 Å². The van der Waals surface area contributed by atoms with Gasteiger partial charge in [0.25, 0.3) is 5.91 Å². The van der Waals surface area contributed by atoms with Crippen molar-refractivity contribution in [2.45, 2.75) is 17.7 Å². The van der Waals surface area contributed by atoms with Crippen LogP contribution in [0.3, 0.4) is 0 Å². The summed E-state index contributed by atoms with van der Waals surface area (Å²) >= 11 is 0. The lowest BCUT2D eigenvalue weighted by atomic mass is 9.95. The van der Waals surface area contributed by atoms with Crippen molar-refractivity contribution in [3.8, 4) is 0 Å². The zero-order valence-electron chi connectivity index (χ0n) is 16.5. The molecule has 2 aromatic carbocycles. The number of hydrogen-bond donors (Lipinski definition) is 1. The van der Waals surface area contributed by atoms with E-state index in [1.54, 1.807) is 17.0 Å². The van der Waals surface area contributed by atoms with Gasteiger partial charge in [0, 0.05) is 44.4 Å². The number of anilines is 1. The maximum Gasteiger partial charge on any atom is 0.253 e. The highest BCUT2D eigenvalue weighted by atomic mass is 32.2. The van der Waals surface area contributed by atoms with Crippen LogP contribution >= 0.6 is 0 Å². The summed E-state index contributed by atoms with van der Waals surface area (Å²) in [5.41, 5.74) is 1.09. The molecule has 0 aliphatic carbocycles. The molecule has 1 N–H and O–H groups in total. The summed E-state index contributed by atoms with van der Waals surface area (Å²) < 4.78 is 25.7. The van der Waals surface area contributed by atoms with Crippen LogP contribution in [-0.4, -0.2) is 56.6 Å². The topological polar surface area (TPSA) is 86.8 Å². The molecule has 2 amide bonds. The average molecular weight is 416 g/mol. The Balaban J connectivity index is 1.62. The summed E-state index contributed by atoms with van der Waals surface area (Å²) in [7, 11) is -0.697. The third kappa shape index (κ3) is 4.83. The molecule has 3 rings (SSSR count). The van der Waals surface area contributed by atoms with E-state index < -0.39 is 10.0 Å². The van der Waals surface area contributed by atoms with E-state index in [4.69, 9.17) is 0 Å². The molecular formula is C21H25N3O4S. The molecule has 7 nitrogen and oxygen atoms in total. The van der Waals surface area contributed by atoms with Crippen molar-refractivity contribution >= 4 is 27.5 Å². The van der Waals surface area contributed by atoms with Crippen molar-refractivity contribution in [1.82, 2.24) is 9.21 Å². The zero-order chi connectivity index (χ0) is 21.0. The molecule has 1 aliphatic heterocycles. The number of carbonyl (C=O) groups is 2. The second-order valence-corrected chi connectivity index (χ2v) is 9.39. The number of piperidine rings is 1. The minimum absolute atomic E-state index is 0.0395. The molecule has 1 aliphatic rings. The highest BCUT2D eigenvalue weighted by Gasteiger charge is 2.28. The number of sulfonamides is 1. The third-order valence-electron chi connectivity index (χ3n) is 5.05. The minimum Gasteiger partial charge on any atom is -0.339 e. The Morgan fingerprint density at radius 2 is 1.66 bits per heavy atom. The van der Waals surface area contributed by atoms with Gasteiger partial charge in [-0.05, 0) is 43.2 Å². The molecule has 154 valence electrons. The minimum atomic E-state index is -3.60. The standard InChI is InChI=1S/C21H25N3O4S/c1-23(2)29(27,28)19-10-6-7-17(15-19)21(26)24-13-11-16(12-14-24)20(25)22-18-8-4-3-5-9-18/h3-10,15-16H,11-14H2,1-2H3,(H,22,25). The summed E-state index contributed by atoms with van der Waals surface area (Å²) in [6.07, 6.45) is 1.14. The summed E-state index contributed by atoms with van der Waals surface area (Å²) in [6, 6.07) is 15.4. The third-order valence-corrected chi connectivity index (χ3v) is 6.86. The van der Waals surface area contributed by atoms with Crippen molar-refractivity contribution in [2.24, 2.45) is 5.92 Å². The first-order chi connectivity index (χ1) is 13.8. The number of benzene rings is 2. The number of para-hydroxylation sites is 1. The van der Waals surface area contributed by atoms with Crippen LogP contribution in [0.25, 0.3) is 0 Å².